The topological polar surface area (TPSA) is 0 Å². The molecule has 0 spiro atoms. The molecule has 1 rings (SSSR count). The summed E-state index contributed by atoms with van der Waals surface area (Å²) in [5.74, 6) is 1.63. The number of rotatable bonds is 4. The van der Waals surface area contributed by atoms with Gasteiger partial charge in [-0.05, 0) is 43.4 Å². The maximum absolute atomic E-state index is 5.94. The van der Waals surface area contributed by atoms with Gasteiger partial charge in [-0.25, -0.2) is 0 Å². The average Bonchev–Trinajstić information content (AvgIpc) is 2.28. The van der Waals surface area contributed by atoms with Gasteiger partial charge in [-0.15, -0.1) is 18.2 Å². The maximum Gasteiger partial charge on any atom is 0.0433 e. The molecule has 0 aromatic rings. The van der Waals surface area contributed by atoms with Gasteiger partial charge in [0, 0.05) is 5.88 Å². The van der Waals surface area contributed by atoms with Gasteiger partial charge >= 0.3 is 0 Å². The summed E-state index contributed by atoms with van der Waals surface area (Å²) in [6.07, 6.45) is 5.59. The number of halogens is 1. The summed E-state index contributed by atoms with van der Waals surface area (Å²) < 4.78 is 0. The van der Waals surface area contributed by atoms with Crippen molar-refractivity contribution in [2.75, 3.05) is 5.88 Å². The highest BCUT2D eigenvalue weighted by molar-refractivity contribution is 6.19. The molecule has 0 saturated heterocycles. The lowest BCUT2D eigenvalue weighted by atomic mass is 9.61. The van der Waals surface area contributed by atoms with E-state index in [1.54, 1.807) is 0 Å². The van der Waals surface area contributed by atoms with Crippen LogP contribution in [0.5, 0.6) is 0 Å². The lowest BCUT2D eigenvalue weighted by Gasteiger charge is -2.43. The summed E-state index contributed by atoms with van der Waals surface area (Å²) >= 11 is 5.94. The second-order valence-electron chi connectivity index (χ2n) is 5.37. The highest BCUT2D eigenvalue weighted by Gasteiger charge is 2.38. The molecule has 3 atom stereocenters. The number of alkyl halides is 1. The summed E-state index contributed by atoms with van der Waals surface area (Å²) in [7, 11) is 0. The van der Waals surface area contributed by atoms with Crippen LogP contribution in [0, 0.1) is 17.3 Å². The Kier molecular flexibility index (Phi) is 4.43. The minimum atomic E-state index is 0.165. The van der Waals surface area contributed by atoms with Crippen molar-refractivity contribution in [1.82, 2.24) is 0 Å². The Morgan fingerprint density at radius 2 is 2.12 bits per heavy atom. The Bertz CT molecular complexity index is 303. The van der Waals surface area contributed by atoms with Crippen LogP contribution in [0.4, 0.5) is 0 Å². The van der Waals surface area contributed by atoms with E-state index in [1.807, 2.05) is 0 Å². The summed E-state index contributed by atoms with van der Waals surface area (Å²) in [4.78, 5) is 0. The molecule has 0 aromatic heterocycles. The Morgan fingerprint density at radius 3 is 2.56 bits per heavy atom. The molecule has 0 aromatic carbocycles. The molecular weight excluding hydrogens is 216 g/mol. The van der Waals surface area contributed by atoms with Crippen LogP contribution in [-0.2, 0) is 0 Å². The van der Waals surface area contributed by atoms with E-state index in [4.69, 9.17) is 11.6 Å². The summed E-state index contributed by atoms with van der Waals surface area (Å²) in [5, 5.41) is 0. The van der Waals surface area contributed by atoms with Crippen molar-refractivity contribution >= 4 is 11.6 Å². The quantitative estimate of drug-likeness (QED) is 0.479. The Hall–Kier alpha value is -0.490. The van der Waals surface area contributed by atoms with Gasteiger partial charge in [-0.3, -0.25) is 0 Å². The van der Waals surface area contributed by atoms with Crippen LogP contribution in [0.25, 0.3) is 0 Å². The first-order chi connectivity index (χ1) is 7.44. The fraction of sp³-hybridized carbons (Fsp3) is 0.600. The Labute approximate surface area is 105 Å². The lowest BCUT2D eigenvalue weighted by Crippen LogP contribution is -2.34. The van der Waals surface area contributed by atoms with E-state index in [2.05, 4.69) is 39.7 Å². The molecule has 1 heteroatoms. The average molecular weight is 239 g/mol. The highest BCUT2D eigenvalue weighted by Crippen LogP contribution is 2.48. The van der Waals surface area contributed by atoms with E-state index < -0.39 is 0 Å². The first kappa shape index (κ1) is 13.6. The second kappa shape index (κ2) is 5.23. The molecule has 1 fully saturated rings. The zero-order chi connectivity index (χ0) is 12.3. The molecule has 0 radical (unpaired) electrons. The van der Waals surface area contributed by atoms with Crippen LogP contribution < -0.4 is 0 Å². The monoisotopic (exact) mass is 238 g/mol. The van der Waals surface area contributed by atoms with Crippen molar-refractivity contribution in [3.63, 3.8) is 0 Å². The van der Waals surface area contributed by atoms with Gasteiger partial charge in [0.2, 0.25) is 0 Å². The standard InChI is InChI=1S/C15H23Cl/c1-6-15(5)8-7-13(11(2)3)9-14(15)12(4)10-16/h6,13-14H,1-2,4,7-10H2,3,5H3. The molecule has 0 aliphatic heterocycles. The minimum absolute atomic E-state index is 0.165. The molecule has 3 unspecified atom stereocenters. The third-order valence-corrected chi connectivity index (χ3v) is 4.52. The largest absolute Gasteiger partial charge is 0.122 e. The zero-order valence-corrected chi connectivity index (χ0v) is 11.3. The predicted octanol–water partition coefficient (Wildman–Crippen LogP) is 4.97. The van der Waals surface area contributed by atoms with Crippen LogP contribution in [0.15, 0.2) is 37.0 Å². The van der Waals surface area contributed by atoms with Gasteiger partial charge in [-0.2, -0.15) is 0 Å². The van der Waals surface area contributed by atoms with Crippen molar-refractivity contribution in [3.05, 3.63) is 37.0 Å². The van der Waals surface area contributed by atoms with E-state index in [-0.39, 0.29) is 5.41 Å². The second-order valence-corrected chi connectivity index (χ2v) is 5.64. The molecular formula is C15H23Cl. The molecule has 16 heavy (non-hydrogen) atoms. The van der Waals surface area contributed by atoms with Crippen LogP contribution in [0.3, 0.4) is 0 Å². The maximum atomic E-state index is 5.94. The van der Waals surface area contributed by atoms with Crippen LogP contribution in [0.2, 0.25) is 0 Å². The third kappa shape index (κ3) is 2.60. The fourth-order valence-corrected chi connectivity index (χ4v) is 2.94. The van der Waals surface area contributed by atoms with E-state index >= 15 is 0 Å². The highest BCUT2D eigenvalue weighted by atomic mass is 35.5. The number of allylic oxidation sites excluding steroid dienone is 3. The molecule has 0 nitrogen and oxygen atoms in total. The van der Waals surface area contributed by atoms with E-state index in [0.29, 0.717) is 17.7 Å². The summed E-state index contributed by atoms with van der Waals surface area (Å²) in [5.41, 5.74) is 2.60. The molecule has 0 heterocycles. The van der Waals surface area contributed by atoms with Crippen molar-refractivity contribution in [2.24, 2.45) is 17.3 Å². The van der Waals surface area contributed by atoms with Gasteiger partial charge < -0.3 is 0 Å². The van der Waals surface area contributed by atoms with Crippen molar-refractivity contribution in [1.29, 1.82) is 0 Å². The lowest BCUT2D eigenvalue weighted by molar-refractivity contribution is 0.170. The summed E-state index contributed by atoms with van der Waals surface area (Å²) in [6.45, 7) is 16.6. The number of hydrogen-bond acceptors (Lipinski definition) is 0. The Morgan fingerprint density at radius 1 is 1.50 bits per heavy atom. The molecule has 0 bridgehead atoms. The van der Waals surface area contributed by atoms with E-state index in [0.717, 1.165) is 18.4 Å². The molecule has 90 valence electrons. The SMILES string of the molecule is C=CC1(C)CCC(C(=C)C)CC1C(=C)CCl. The molecule has 0 amide bonds. The third-order valence-electron chi connectivity index (χ3n) is 4.18. The van der Waals surface area contributed by atoms with Gasteiger partial charge in [-0.1, -0.05) is 37.3 Å². The smallest absolute Gasteiger partial charge is 0.0433 e. The first-order valence-electron chi connectivity index (χ1n) is 5.97. The van der Waals surface area contributed by atoms with Crippen molar-refractivity contribution in [3.8, 4) is 0 Å². The van der Waals surface area contributed by atoms with Gasteiger partial charge in [0.1, 0.15) is 0 Å². The molecule has 1 saturated carbocycles. The first-order valence-corrected chi connectivity index (χ1v) is 6.50. The predicted molar refractivity (Wildman–Crippen MR) is 73.8 cm³/mol. The van der Waals surface area contributed by atoms with Crippen molar-refractivity contribution < 1.29 is 0 Å². The van der Waals surface area contributed by atoms with Crippen LogP contribution >= 0.6 is 11.6 Å². The van der Waals surface area contributed by atoms with Gasteiger partial charge in [0.05, 0.1) is 0 Å². The zero-order valence-electron chi connectivity index (χ0n) is 10.6. The van der Waals surface area contributed by atoms with Crippen molar-refractivity contribution in [2.45, 2.75) is 33.1 Å². The van der Waals surface area contributed by atoms with E-state index in [1.165, 1.54) is 12.0 Å². The van der Waals surface area contributed by atoms with Crippen LogP contribution in [-0.4, -0.2) is 5.88 Å². The van der Waals surface area contributed by atoms with Gasteiger partial charge in [0.25, 0.3) is 0 Å². The fourth-order valence-electron chi connectivity index (χ4n) is 2.75. The molecule has 1 aliphatic rings. The number of hydrogen-bond donors (Lipinski definition) is 0. The normalized spacial score (nSPS) is 34.4. The minimum Gasteiger partial charge on any atom is -0.122 e. The Balaban J connectivity index is 2.90. The van der Waals surface area contributed by atoms with Gasteiger partial charge in [0.15, 0.2) is 0 Å². The summed E-state index contributed by atoms with van der Waals surface area (Å²) in [6, 6.07) is 0. The molecule has 1 aliphatic carbocycles. The van der Waals surface area contributed by atoms with E-state index in [9.17, 15) is 0 Å². The van der Waals surface area contributed by atoms with Crippen LogP contribution in [0.1, 0.15) is 33.1 Å². The molecule has 0 N–H and O–H groups in total.